The minimum Gasteiger partial charge on any atom is -0.423 e. The van der Waals surface area contributed by atoms with Gasteiger partial charge in [0.1, 0.15) is 0 Å². The molecule has 0 unspecified atom stereocenters. The second-order valence-corrected chi connectivity index (χ2v) is 9.38. The Balaban J connectivity index is 1.77. The minimum atomic E-state index is -1.45. The number of hydrogen-bond acceptors (Lipinski definition) is 2. The van der Waals surface area contributed by atoms with Crippen LogP contribution in [0.15, 0.2) is 91.0 Å². The van der Waals surface area contributed by atoms with E-state index >= 15 is 0 Å². The molecule has 5 rings (SSSR count). The van der Waals surface area contributed by atoms with Gasteiger partial charge in [0, 0.05) is 16.5 Å². The lowest BCUT2D eigenvalue weighted by Gasteiger charge is -2.19. The molecule has 1 heterocycles. The largest absolute Gasteiger partial charge is 0.488 e. The zero-order valence-electron chi connectivity index (χ0n) is 18.6. The lowest BCUT2D eigenvalue weighted by atomic mass is 9.80. The van der Waals surface area contributed by atoms with Crippen molar-refractivity contribution in [1.29, 1.82) is 0 Å². The molecule has 0 aliphatic carbocycles. The number of hydrogen-bond donors (Lipinski definition) is 2. The molecule has 3 nitrogen and oxygen atoms in total. The van der Waals surface area contributed by atoms with E-state index in [-0.39, 0.29) is 5.41 Å². The Morgan fingerprint density at radius 1 is 0.656 bits per heavy atom. The van der Waals surface area contributed by atoms with Gasteiger partial charge in [-0.05, 0) is 64.0 Å². The van der Waals surface area contributed by atoms with Gasteiger partial charge in [-0.2, -0.15) is 0 Å². The number of para-hydroxylation sites is 1. The summed E-state index contributed by atoms with van der Waals surface area (Å²) in [7, 11) is -1.45. The molecule has 158 valence electrons. The maximum Gasteiger partial charge on any atom is 0.488 e. The zero-order chi connectivity index (χ0) is 22.5. The fourth-order valence-corrected chi connectivity index (χ4v) is 4.37. The van der Waals surface area contributed by atoms with Crippen molar-refractivity contribution in [3.8, 4) is 16.8 Å². The summed E-state index contributed by atoms with van der Waals surface area (Å²) in [6.45, 7) is 6.73. The molecule has 0 atom stereocenters. The van der Waals surface area contributed by atoms with E-state index in [0.29, 0.717) is 5.46 Å². The molecule has 1 aromatic heterocycles. The van der Waals surface area contributed by atoms with Gasteiger partial charge in [-0.15, -0.1) is 0 Å². The molecule has 32 heavy (non-hydrogen) atoms. The molecule has 0 radical (unpaired) electrons. The topological polar surface area (TPSA) is 45.4 Å². The van der Waals surface area contributed by atoms with Gasteiger partial charge in [0.05, 0.1) is 11.0 Å². The highest BCUT2D eigenvalue weighted by atomic mass is 16.4. The molecular weight excluding hydrogens is 393 g/mol. The van der Waals surface area contributed by atoms with Crippen LogP contribution in [-0.4, -0.2) is 21.7 Å². The van der Waals surface area contributed by atoms with Gasteiger partial charge in [0.15, 0.2) is 0 Å². The number of fused-ring (bicyclic) bond motifs is 3. The summed E-state index contributed by atoms with van der Waals surface area (Å²) in [5.74, 6) is 0. The average Bonchev–Trinajstić information content (AvgIpc) is 3.12. The highest BCUT2D eigenvalue weighted by Crippen LogP contribution is 2.37. The first-order valence-corrected chi connectivity index (χ1v) is 10.9. The molecule has 0 saturated heterocycles. The van der Waals surface area contributed by atoms with Crippen LogP contribution in [0.2, 0.25) is 0 Å². The molecule has 0 aliphatic heterocycles. The van der Waals surface area contributed by atoms with Crippen molar-refractivity contribution in [2.24, 2.45) is 0 Å². The maximum absolute atomic E-state index is 9.40. The van der Waals surface area contributed by atoms with Gasteiger partial charge in [-0.1, -0.05) is 75.4 Å². The Labute approximate surface area is 188 Å². The van der Waals surface area contributed by atoms with Gasteiger partial charge >= 0.3 is 7.12 Å². The first-order valence-electron chi connectivity index (χ1n) is 10.9. The minimum absolute atomic E-state index is 0.0634. The molecular formula is C28H26BNO2. The highest BCUT2D eigenvalue weighted by Gasteiger charge is 2.18. The molecule has 0 bridgehead atoms. The molecule has 0 spiro atoms. The molecule has 0 amide bonds. The summed E-state index contributed by atoms with van der Waals surface area (Å²) in [5.41, 5.74) is 7.51. The summed E-state index contributed by atoms with van der Waals surface area (Å²) >= 11 is 0. The second-order valence-electron chi connectivity index (χ2n) is 9.38. The molecule has 0 aliphatic rings. The maximum atomic E-state index is 9.40. The monoisotopic (exact) mass is 419 g/mol. The Morgan fingerprint density at radius 3 is 1.88 bits per heavy atom. The predicted molar refractivity (Wildman–Crippen MR) is 135 cm³/mol. The Bertz CT molecular complexity index is 1410. The third-order valence-corrected chi connectivity index (χ3v) is 6.19. The van der Waals surface area contributed by atoms with Crippen molar-refractivity contribution < 1.29 is 10.0 Å². The van der Waals surface area contributed by atoms with Crippen LogP contribution in [0.3, 0.4) is 0 Å². The van der Waals surface area contributed by atoms with E-state index in [4.69, 9.17) is 0 Å². The van der Waals surface area contributed by atoms with Crippen molar-refractivity contribution in [1.82, 2.24) is 4.57 Å². The highest BCUT2D eigenvalue weighted by molar-refractivity contribution is 6.58. The molecule has 0 fully saturated rings. The van der Waals surface area contributed by atoms with E-state index < -0.39 is 7.12 Å². The lowest BCUT2D eigenvalue weighted by molar-refractivity contribution is 0.426. The predicted octanol–water partition coefficient (Wildman–Crippen LogP) is 5.43. The van der Waals surface area contributed by atoms with Gasteiger partial charge < -0.3 is 14.6 Å². The number of benzene rings is 4. The molecule has 2 N–H and O–H groups in total. The summed E-state index contributed by atoms with van der Waals surface area (Å²) in [6.07, 6.45) is 0. The third kappa shape index (κ3) is 3.52. The SMILES string of the molecule is CC(C)(C)c1ccc2c(c1)c1cc(-c3ccc(B(O)O)cc3)ccc1n2-c1ccccc1. The standard InChI is InChI=1S/C28H26BNO2/c1-28(2,3)21-12-16-27-25(18-21)24-17-20(19-9-13-22(14-10-19)29(31)32)11-15-26(24)30(27)23-7-5-4-6-8-23/h4-18,31-32H,1-3H3. The Hall–Kier alpha value is -3.34. The first kappa shape index (κ1) is 20.6. The molecule has 0 saturated carbocycles. The smallest absolute Gasteiger partial charge is 0.423 e. The van der Waals surface area contributed by atoms with Crippen LogP contribution >= 0.6 is 0 Å². The van der Waals surface area contributed by atoms with Gasteiger partial charge in [-0.25, -0.2) is 0 Å². The normalized spacial score (nSPS) is 11.9. The van der Waals surface area contributed by atoms with E-state index in [9.17, 15) is 10.0 Å². The van der Waals surface area contributed by atoms with Crippen LogP contribution in [0, 0.1) is 0 Å². The van der Waals surface area contributed by atoms with Crippen LogP contribution in [0.5, 0.6) is 0 Å². The number of aromatic nitrogens is 1. The average molecular weight is 419 g/mol. The number of rotatable bonds is 3. The summed E-state index contributed by atoms with van der Waals surface area (Å²) < 4.78 is 2.33. The van der Waals surface area contributed by atoms with E-state index in [2.05, 4.69) is 86.0 Å². The first-order chi connectivity index (χ1) is 15.3. The molecule has 4 aromatic carbocycles. The fourth-order valence-electron chi connectivity index (χ4n) is 4.37. The molecule has 4 heteroatoms. The van der Waals surface area contributed by atoms with E-state index in [1.54, 1.807) is 12.1 Å². The van der Waals surface area contributed by atoms with Crippen molar-refractivity contribution >= 4 is 34.4 Å². The summed E-state index contributed by atoms with van der Waals surface area (Å²) in [6, 6.07) is 31.2. The van der Waals surface area contributed by atoms with Gasteiger partial charge in [0.2, 0.25) is 0 Å². The quantitative estimate of drug-likeness (QED) is 0.383. The second kappa shape index (κ2) is 7.66. The van der Waals surface area contributed by atoms with E-state index in [1.165, 1.54) is 27.4 Å². The Morgan fingerprint density at radius 2 is 1.25 bits per heavy atom. The van der Waals surface area contributed by atoms with Gasteiger partial charge in [0.25, 0.3) is 0 Å². The Kier molecular flexibility index (Phi) is 4.92. The zero-order valence-corrected chi connectivity index (χ0v) is 18.6. The fraction of sp³-hybridized carbons (Fsp3) is 0.143. The van der Waals surface area contributed by atoms with Crippen LogP contribution in [0.4, 0.5) is 0 Å². The van der Waals surface area contributed by atoms with Crippen molar-refractivity contribution in [3.05, 3.63) is 96.6 Å². The van der Waals surface area contributed by atoms with Crippen LogP contribution in [0.1, 0.15) is 26.3 Å². The van der Waals surface area contributed by atoms with Gasteiger partial charge in [-0.3, -0.25) is 0 Å². The van der Waals surface area contributed by atoms with Crippen LogP contribution in [-0.2, 0) is 5.41 Å². The molecule has 5 aromatic rings. The lowest BCUT2D eigenvalue weighted by Crippen LogP contribution is -2.29. The van der Waals surface area contributed by atoms with Crippen molar-refractivity contribution in [2.75, 3.05) is 0 Å². The summed E-state index contributed by atoms with van der Waals surface area (Å²) in [4.78, 5) is 0. The van der Waals surface area contributed by atoms with Crippen molar-refractivity contribution in [2.45, 2.75) is 26.2 Å². The number of nitrogens with zero attached hydrogens (tertiary/aromatic N) is 1. The third-order valence-electron chi connectivity index (χ3n) is 6.19. The van der Waals surface area contributed by atoms with E-state index in [0.717, 1.165) is 16.8 Å². The van der Waals surface area contributed by atoms with Crippen molar-refractivity contribution in [3.63, 3.8) is 0 Å². The van der Waals surface area contributed by atoms with E-state index in [1.807, 2.05) is 18.2 Å². The van der Waals surface area contributed by atoms with Crippen LogP contribution in [0.25, 0.3) is 38.6 Å². The summed E-state index contributed by atoms with van der Waals surface area (Å²) in [5, 5.41) is 21.2. The van der Waals surface area contributed by atoms with Crippen LogP contribution < -0.4 is 5.46 Å².